The molecule has 0 atom stereocenters. The van der Waals surface area contributed by atoms with Gasteiger partial charge in [0.25, 0.3) is 0 Å². The minimum Gasteiger partial charge on any atom is -0.282 e. The first kappa shape index (κ1) is 17.2. The van der Waals surface area contributed by atoms with E-state index >= 15 is 0 Å². The second-order valence-electron chi connectivity index (χ2n) is 6.88. The number of anilines is 1. The van der Waals surface area contributed by atoms with Crippen molar-refractivity contribution >= 4 is 32.6 Å². The van der Waals surface area contributed by atoms with E-state index in [9.17, 15) is 4.79 Å². The fraction of sp³-hybridized carbons (Fsp3) is 0.381. The van der Waals surface area contributed by atoms with Crippen LogP contribution in [0.25, 0.3) is 10.2 Å². The van der Waals surface area contributed by atoms with Crippen LogP contribution in [0.5, 0.6) is 0 Å². The van der Waals surface area contributed by atoms with Crippen LogP contribution in [-0.4, -0.2) is 15.9 Å². The maximum atomic E-state index is 13.2. The van der Waals surface area contributed by atoms with Gasteiger partial charge in [0.05, 0.1) is 22.5 Å². The monoisotopic (exact) mass is 365 g/mol. The third-order valence-electron chi connectivity index (χ3n) is 5.10. The molecule has 134 valence electrons. The lowest BCUT2D eigenvalue weighted by Gasteiger charge is -2.22. The first-order valence-corrected chi connectivity index (χ1v) is 10.2. The maximum absolute atomic E-state index is 13.2. The van der Waals surface area contributed by atoms with Crippen LogP contribution in [0.3, 0.4) is 0 Å². The average molecular weight is 366 g/mol. The van der Waals surface area contributed by atoms with Crippen molar-refractivity contribution in [3.63, 3.8) is 0 Å². The number of fused-ring (bicyclic) bond motifs is 1. The minimum absolute atomic E-state index is 0.122. The second-order valence-corrected chi connectivity index (χ2v) is 7.89. The molecule has 2 heterocycles. The lowest BCUT2D eigenvalue weighted by Crippen LogP contribution is -2.35. The quantitative estimate of drug-likeness (QED) is 0.641. The number of carbonyl (C=O) groups is 1. The number of thiazole rings is 1. The molecule has 2 aromatic heterocycles. The fourth-order valence-corrected chi connectivity index (χ4v) is 4.61. The molecule has 1 aliphatic rings. The standard InChI is InChI=1S/C21H23N3OS/c1-2-15-10-11-18-19(13-15)26-21(23-18)24(14-17-9-5-6-12-22-17)20(25)16-7-3-4-8-16/h5-6,9-13,16H,2-4,7-8,14H2,1H3. The smallest absolute Gasteiger partial charge is 0.232 e. The highest BCUT2D eigenvalue weighted by molar-refractivity contribution is 7.22. The van der Waals surface area contributed by atoms with Crippen LogP contribution in [0.4, 0.5) is 5.13 Å². The molecule has 26 heavy (non-hydrogen) atoms. The second kappa shape index (κ2) is 7.54. The molecule has 3 aromatic rings. The highest BCUT2D eigenvalue weighted by atomic mass is 32.1. The van der Waals surface area contributed by atoms with E-state index in [2.05, 4.69) is 30.1 Å². The van der Waals surface area contributed by atoms with Crippen LogP contribution in [0.15, 0.2) is 42.6 Å². The van der Waals surface area contributed by atoms with Crippen molar-refractivity contribution in [2.75, 3.05) is 4.90 Å². The minimum atomic E-state index is 0.122. The Morgan fingerprint density at radius 2 is 2.08 bits per heavy atom. The summed E-state index contributed by atoms with van der Waals surface area (Å²) in [6.45, 7) is 2.64. The van der Waals surface area contributed by atoms with Crippen molar-refractivity contribution in [3.8, 4) is 0 Å². The van der Waals surface area contributed by atoms with E-state index in [-0.39, 0.29) is 11.8 Å². The predicted molar refractivity (Wildman–Crippen MR) is 106 cm³/mol. The topological polar surface area (TPSA) is 46.1 Å². The fourth-order valence-electron chi connectivity index (χ4n) is 3.58. The molecule has 1 amide bonds. The predicted octanol–water partition coefficient (Wildman–Crippen LogP) is 4.98. The first-order chi connectivity index (χ1) is 12.7. The molecule has 1 saturated carbocycles. The van der Waals surface area contributed by atoms with Gasteiger partial charge in [-0.15, -0.1) is 0 Å². The van der Waals surface area contributed by atoms with Crippen LogP contribution < -0.4 is 4.90 Å². The van der Waals surface area contributed by atoms with Gasteiger partial charge in [-0.3, -0.25) is 14.7 Å². The highest BCUT2D eigenvalue weighted by Gasteiger charge is 2.30. The van der Waals surface area contributed by atoms with Gasteiger partial charge in [0, 0.05) is 12.1 Å². The lowest BCUT2D eigenvalue weighted by atomic mass is 10.1. The van der Waals surface area contributed by atoms with E-state index in [0.29, 0.717) is 6.54 Å². The third kappa shape index (κ3) is 3.49. The molecular weight excluding hydrogens is 342 g/mol. The number of hydrogen-bond acceptors (Lipinski definition) is 4. The van der Waals surface area contributed by atoms with Crippen molar-refractivity contribution in [3.05, 3.63) is 53.9 Å². The Bertz CT molecular complexity index is 900. The number of amides is 1. The van der Waals surface area contributed by atoms with Crippen molar-refractivity contribution in [2.24, 2.45) is 5.92 Å². The zero-order chi connectivity index (χ0) is 17.9. The first-order valence-electron chi connectivity index (χ1n) is 9.35. The molecule has 1 fully saturated rings. The van der Waals surface area contributed by atoms with Gasteiger partial charge < -0.3 is 0 Å². The van der Waals surface area contributed by atoms with Gasteiger partial charge in [-0.25, -0.2) is 4.98 Å². The summed E-state index contributed by atoms with van der Waals surface area (Å²) in [6, 6.07) is 12.2. The van der Waals surface area contributed by atoms with E-state index in [1.165, 1.54) is 5.56 Å². The summed E-state index contributed by atoms with van der Waals surface area (Å²) in [5, 5.41) is 0.788. The Morgan fingerprint density at radius 3 is 2.81 bits per heavy atom. The Kier molecular flexibility index (Phi) is 4.98. The molecule has 0 spiro atoms. The molecule has 4 rings (SSSR count). The molecule has 5 heteroatoms. The molecule has 1 aromatic carbocycles. The average Bonchev–Trinajstić information content (AvgIpc) is 3.35. The summed E-state index contributed by atoms with van der Waals surface area (Å²) in [4.78, 5) is 24.3. The number of hydrogen-bond donors (Lipinski definition) is 0. The van der Waals surface area contributed by atoms with Gasteiger partial charge in [-0.05, 0) is 49.1 Å². The summed E-state index contributed by atoms with van der Waals surface area (Å²) >= 11 is 1.61. The van der Waals surface area contributed by atoms with Gasteiger partial charge >= 0.3 is 0 Å². The third-order valence-corrected chi connectivity index (χ3v) is 6.14. The molecule has 4 nitrogen and oxygen atoms in total. The van der Waals surface area contributed by atoms with Gasteiger partial charge in [-0.1, -0.05) is 43.2 Å². The van der Waals surface area contributed by atoms with Crippen LogP contribution >= 0.6 is 11.3 Å². The van der Waals surface area contributed by atoms with Crippen molar-refractivity contribution in [1.29, 1.82) is 0 Å². The highest BCUT2D eigenvalue weighted by Crippen LogP contribution is 2.34. The number of rotatable bonds is 5. The van der Waals surface area contributed by atoms with E-state index < -0.39 is 0 Å². The van der Waals surface area contributed by atoms with Gasteiger partial charge in [0.15, 0.2) is 5.13 Å². The summed E-state index contributed by atoms with van der Waals surface area (Å²) in [6.07, 6.45) is 7.05. The van der Waals surface area contributed by atoms with Crippen molar-refractivity contribution in [1.82, 2.24) is 9.97 Å². The molecule has 0 saturated heterocycles. The van der Waals surface area contributed by atoms with E-state index in [4.69, 9.17) is 4.98 Å². The number of nitrogens with zero attached hydrogens (tertiary/aromatic N) is 3. The van der Waals surface area contributed by atoms with Crippen LogP contribution in [0, 0.1) is 5.92 Å². The van der Waals surface area contributed by atoms with Crippen LogP contribution in [0.1, 0.15) is 43.9 Å². The van der Waals surface area contributed by atoms with E-state index in [1.807, 2.05) is 23.1 Å². The molecule has 1 aliphatic carbocycles. The molecule has 0 N–H and O–H groups in total. The summed E-state index contributed by atoms with van der Waals surface area (Å²) in [5.74, 6) is 0.319. The van der Waals surface area contributed by atoms with E-state index in [1.54, 1.807) is 17.5 Å². The summed E-state index contributed by atoms with van der Waals surface area (Å²) in [5.41, 5.74) is 3.16. The van der Waals surface area contributed by atoms with Crippen LogP contribution in [-0.2, 0) is 17.8 Å². The Balaban J connectivity index is 1.70. The number of aromatic nitrogens is 2. The zero-order valence-electron chi connectivity index (χ0n) is 15.0. The van der Waals surface area contributed by atoms with Crippen LogP contribution in [0.2, 0.25) is 0 Å². The number of carbonyl (C=O) groups excluding carboxylic acids is 1. The van der Waals surface area contributed by atoms with E-state index in [0.717, 1.165) is 53.1 Å². The van der Waals surface area contributed by atoms with Gasteiger partial charge in [0.2, 0.25) is 5.91 Å². The largest absolute Gasteiger partial charge is 0.282 e. The molecular formula is C21H23N3OS. The Hall–Kier alpha value is -2.27. The zero-order valence-corrected chi connectivity index (χ0v) is 15.8. The Morgan fingerprint density at radius 1 is 1.23 bits per heavy atom. The van der Waals surface area contributed by atoms with Crippen molar-refractivity contribution in [2.45, 2.75) is 45.6 Å². The number of aryl methyl sites for hydroxylation is 1. The molecule has 0 bridgehead atoms. The normalized spacial score (nSPS) is 14.8. The Labute approximate surface area is 157 Å². The number of benzene rings is 1. The summed E-state index contributed by atoms with van der Waals surface area (Å²) < 4.78 is 1.14. The number of pyridine rings is 1. The molecule has 0 radical (unpaired) electrons. The van der Waals surface area contributed by atoms with Crippen molar-refractivity contribution < 1.29 is 4.79 Å². The molecule has 0 aliphatic heterocycles. The van der Waals surface area contributed by atoms with Gasteiger partial charge in [-0.2, -0.15) is 0 Å². The maximum Gasteiger partial charge on any atom is 0.232 e. The lowest BCUT2D eigenvalue weighted by molar-refractivity contribution is -0.122. The molecule has 0 unspecified atom stereocenters. The summed E-state index contributed by atoms with van der Waals surface area (Å²) in [7, 11) is 0. The SMILES string of the molecule is CCc1ccc2nc(N(Cc3ccccn3)C(=O)C3CCCC3)sc2c1. The van der Waals surface area contributed by atoms with Gasteiger partial charge in [0.1, 0.15) is 0 Å².